The second kappa shape index (κ2) is 5.97. The summed E-state index contributed by atoms with van der Waals surface area (Å²) in [7, 11) is 0. The van der Waals surface area contributed by atoms with Gasteiger partial charge in [-0.3, -0.25) is 4.79 Å². The van der Waals surface area contributed by atoms with Crippen molar-refractivity contribution < 1.29 is 9.90 Å². The average Bonchev–Trinajstić information content (AvgIpc) is 2.42. The van der Waals surface area contributed by atoms with Gasteiger partial charge in [0.1, 0.15) is 5.75 Å². The van der Waals surface area contributed by atoms with Crippen LogP contribution in [0.4, 0.5) is 0 Å². The molecule has 0 aliphatic carbocycles. The zero-order valence-corrected chi connectivity index (χ0v) is 12.1. The van der Waals surface area contributed by atoms with Crippen LogP contribution in [-0.2, 0) is 0 Å². The average molecular weight is 290 g/mol. The van der Waals surface area contributed by atoms with E-state index in [0.29, 0.717) is 16.1 Å². The number of carbonyl (C=O) groups is 1. The highest BCUT2D eigenvalue weighted by molar-refractivity contribution is 6.31. The van der Waals surface area contributed by atoms with E-state index in [1.165, 1.54) is 6.07 Å². The van der Waals surface area contributed by atoms with Gasteiger partial charge in [0.15, 0.2) is 0 Å². The third-order valence-electron chi connectivity index (χ3n) is 3.18. The van der Waals surface area contributed by atoms with E-state index < -0.39 is 0 Å². The number of hydrogen-bond acceptors (Lipinski definition) is 2. The van der Waals surface area contributed by atoms with Gasteiger partial charge in [0, 0.05) is 10.6 Å². The van der Waals surface area contributed by atoms with Crippen LogP contribution in [0.1, 0.15) is 34.5 Å². The van der Waals surface area contributed by atoms with Crippen molar-refractivity contribution in [3.05, 3.63) is 64.2 Å². The molecule has 0 spiro atoms. The highest BCUT2D eigenvalue weighted by Crippen LogP contribution is 2.23. The molecule has 0 aliphatic rings. The molecule has 1 amide bonds. The van der Waals surface area contributed by atoms with Crippen LogP contribution in [0.5, 0.6) is 5.75 Å². The number of carbonyl (C=O) groups excluding carboxylic acids is 1. The number of hydrogen-bond donors (Lipinski definition) is 2. The normalized spacial score (nSPS) is 11.9. The Morgan fingerprint density at radius 3 is 2.60 bits per heavy atom. The van der Waals surface area contributed by atoms with E-state index in [1.807, 2.05) is 25.1 Å². The summed E-state index contributed by atoms with van der Waals surface area (Å²) in [6, 6.07) is 12.0. The molecular weight excluding hydrogens is 274 g/mol. The zero-order valence-electron chi connectivity index (χ0n) is 11.4. The highest BCUT2D eigenvalue weighted by Gasteiger charge is 2.14. The van der Waals surface area contributed by atoms with Crippen LogP contribution in [0.25, 0.3) is 0 Å². The summed E-state index contributed by atoms with van der Waals surface area (Å²) in [5, 5.41) is 13.0. The van der Waals surface area contributed by atoms with Gasteiger partial charge in [-0.15, -0.1) is 0 Å². The molecule has 0 aromatic heterocycles. The predicted molar refractivity (Wildman–Crippen MR) is 80.2 cm³/mol. The van der Waals surface area contributed by atoms with E-state index in [9.17, 15) is 9.90 Å². The largest absolute Gasteiger partial charge is 0.508 e. The molecule has 2 aromatic carbocycles. The maximum atomic E-state index is 12.2. The molecule has 104 valence electrons. The van der Waals surface area contributed by atoms with Gasteiger partial charge in [0.05, 0.1) is 6.04 Å². The lowest BCUT2D eigenvalue weighted by Crippen LogP contribution is -2.26. The first-order valence-electron chi connectivity index (χ1n) is 6.34. The smallest absolute Gasteiger partial charge is 0.251 e. The summed E-state index contributed by atoms with van der Waals surface area (Å²) < 4.78 is 0. The number of aromatic hydroxyl groups is 1. The SMILES string of the molecule is Cc1cc(C(=O)NC(C)c2ccccc2Cl)ccc1O. The first-order valence-corrected chi connectivity index (χ1v) is 6.71. The van der Waals surface area contributed by atoms with Crippen LogP contribution in [-0.4, -0.2) is 11.0 Å². The Hall–Kier alpha value is -2.00. The lowest BCUT2D eigenvalue weighted by molar-refractivity contribution is 0.0940. The van der Waals surface area contributed by atoms with E-state index in [0.717, 1.165) is 5.56 Å². The molecule has 0 fully saturated rings. The summed E-state index contributed by atoms with van der Waals surface area (Å²) in [5.74, 6) is -0.0128. The monoisotopic (exact) mass is 289 g/mol. The van der Waals surface area contributed by atoms with Gasteiger partial charge in [-0.25, -0.2) is 0 Å². The van der Waals surface area contributed by atoms with Crippen molar-refractivity contribution >= 4 is 17.5 Å². The third kappa shape index (κ3) is 3.11. The van der Waals surface area contributed by atoms with E-state index in [-0.39, 0.29) is 17.7 Å². The number of aryl methyl sites for hydroxylation is 1. The summed E-state index contributed by atoms with van der Waals surface area (Å²) in [6.45, 7) is 3.63. The topological polar surface area (TPSA) is 49.3 Å². The first kappa shape index (κ1) is 14.4. The summed E-state index contributed by atoms with van der Waals surface area (Å²) in [6.07, 6.45) is 0. The quantitative estimate of drug-likeness (QED) is 0.902. The molecule has 1 atom stereocenters. The molecule has 3 nitrogen and oxygen atoms in total. The molecule has 0 aliphatic heterocycles. The molecule has 0 saturated carbocycles. The Morgan fingerprint density at radius 2 is 1.95 bits per heavy atom. The first-order chi connectivity index (χ1) is 9.49. The second-order valence-electron chi connectivity index (χ2n) is 4.72. The fraction of sp³-hybridized carbons (Fsp3) is 0.188. The molecular formula is C16H16ClNO2. The van der Waals surface area contributed by atoms with Gasteiger partial charge in [-0.1, -0.05) is 29.8 Å². The molecule has 0 bridgehead atoms. The van der Waals surface area contributed by atoms with Crippen molar-refractivity contribution in [1.29, 1.82) is 0 Å². The third-order valence-corrected chi connectivity index (χ3v) is 3.52. The second-order valence-corrected chi connectivity index (χ2v) is 5.13. The van der Waals surface area contributed by atoms with E-state index >= 15 is 0 Å². The van der Waals surface area contributed by atoms with Gasteiger partial charge in [-0.2, -0.15) is 0 Å². The molecule has 20 heavy (non-hydrogen) atoms. The number of phenols is 1. The number of rotatable bonds is 3. The number of halogens is 1. The highest BCUT2D eigenvalue weighted by atomic mass is 35.5. The van der Waals surface area contributed by atoms with Crippen LogP contribution in [0.15, 0.2) is 42.5 Å². The minimum atomic E-state index is -0.194. The molecule has 4 heteroatoms. The molecule has 2 aromatic rings. The van der Waals surface area contributed by atoms with Crippen molar-refractivity contribution in [2.75, 3.05) is 0 Å². The van der Waals surface area contributed by atoms with Crippen LogP contribution in [0.3, 0.4) is 0 Å². The van der Waals surface area contributed by atoms with Crippen molar-refractivity contribution in [3.63, 3.8) is 0 Å². The Labute approximate surface area is 123 Å². The summed E-state index contributed by atoms with van der Waals surface area (Å²) in [4.78, 5) is 12.2. The lowest BCUT2D eigenvalue weighted by atomic mass is 10.1. The van der Waals surface area contributed by atoms with E-state index in [2.05, 4.69) is 5.32 Å². The van der Waals surface area contributed by atoms with Gasteiger partial charge in [0.25, 0.3) is 5.91 Å². The minimum absolute atomic E-state index is 0.181. The van der Waals surface area contributed by atoms with Gasteiger partial charge in [0.2, 0.25) is 0 Å². The van der Waals surface area contributed by atoms with Crippen molar-refractivity contribution in [2.24, 2.45) is 0 Å². The van der Waals surface area contributed by atoms with E-state index in [1.54, 1.807) is 25.1 Å². The number of phenolic OH excluding ortho intramolecular Hbond substituents is 1. The van der Waals surface area contributed by atoms with Crippen LogP contribution >= 0.6 is 11.6 Å². The number of nitrogens with one attached hydrogen (secondary N) is 1. The van der Waals surface area contributed by atoms with Gasteiger partial charge in [-0.05, 0) is 49.2 Å². The maximum Gasteiger partial charge on any atom is 0.251 e. The Balaban J connectivity index is 2.15. The standard InChI is InChI=1S/C16H16ClNO2/c1-10-9-12(7-8-15(10)19)16(20)18-11(2)13-5-3-4-6-14(13)17/h3-9,11,19H,1-2H3,(H,18,20). The van der Waals surface area contributed by atoms with Crippen molar-refractivity contribution in [1.82, 2.24) is 5.32 Å². The van der Waals surface area contributed by atoms with E-state index in [4.69, 9.17) is 11.6 Å². The lowest BCUT2D eigenvalue weighted by Gasteiger charge is -2.16. The summed E-state index contributed by atoms with van der Waals surface area (Å²) in [5.41, 5.74) is 2.06. The Kier molecular flexibility index (Phi) is 4.30. The van der Waals surface area contributed by atoms with Gasteiger partial charge < -0.3 is 10.4 Å². The molecule has 0 saturated heterocycles. The number of amides is 1. The van der Waals surface area contributed by atoms with Gasteiger partial charge >= 0.3 is 0 Å². The van der Waals surface area contributed by atoms with Crippen LogP contribution < -0.4 is 5.32 Å². The van der Waals surface area contributed by atoms with Crippen molar-refractivity contribution in [3.8, 4) is 5.75 Å². The van der Waals surface area contributed by atoms with Crippen LogP contribution in [0.2, 0.25) is 5.02 Å². The zero-order chi connectivity index (χ0) is 14.7. The Morgan fingerprint density at radius 1 is 1.25 bits per heavy atom. The predicted octanol–water partition coefficient (Wildman–Crippen LogP) is 3.85. The molecule has 2 rings (SSSR count). The Bertz CT molecular complexity index is 640. The number of benzene rings is 2. The minimum Gasteiger partial charge on any atom is -0.508 e. The fourth-order valence-electron chi connectivity index (χ4n) is 1.98. The maximum absolute atomic E-state index is 12.2. The molecule has 2 N–H and O–H groups in total. The fourth-order valence-corrected chi connectivity index (χ4v) is 2.28. The van der Waals surface area contributed by atoms with Crippen LogP contribution in [0, 0.1) is 6.92 Å². The van der Waals surface area contributed by atoms with Crippen molar-refractivity contribution in [2.45, 2.75) is 19.9 Å². The summed E-state index contributed by atoms with van der Waals surface area (Å²) >= 11 is 6.11. The molecule has 0 radical (unpaired) electrons. The molecule has 1 unspecified atom stereocenters. The molecule has 0 heterocycles.